The number of carbonyl (C=O) groups is 1. The molecule has 0 saturated carbocycles. The van der Waals surface area contributed by atoms with Gasteiger partial charge in [0.25, 0.3) is 0 Å². The summed E-state index contributed by atoms with van der Waals surface area (Å²) in [5, 5.41) is 3.16. The molecule has 1 fully saturated rings. The first-order valence-electron chi connectivity index (χ1n) is 11.4. The first kappa shape index (κ1) is 28.2. The SMILES string of the molecule is CCC(C(=O)NCCOc1ccc(S(=O)(=O)N2CCOCC2)cc1)N(c1ccc(Cl)cc1)S(C)(=O)=O. The summed E-state index contributed by atoms with van der Waals surface area (Å²) in [6.07, 6.45) is 1.30. The maximum absolute atomic E-state index is 12.8. The van der Waals surface area contributed by atoms with E-state index in [9.17, 15) is 21.6 Å². The molecule has 2 aromatic rings. The molecule has 0 aromatic heterocycles. The van der Waals surface area contributed by atoms with Crippen LogP contribution in [0.25, 0.3) is 0 Å². The zero-order valence-corrected chi connectivity index (χ0v) is 22.5. The Hall–Kier alpha value is -2.38. The average Bonchev–Trinajstić information content (AvgIpc) is 2.86. The average molecular weight is 560 g/mol. The molecule has 2 aromatic carbocycles. The number of anilines is 1. The summed E-state index contributed by atoms with van der Waals surface area (Å²) in [4.78, 5) is 13.0. The van der Waals surface area contributed by atoms with Crippen LogP contribution in [0.5, 0.6) is 5.75 Å². The van der Waals surface area contributed by atoms with Crippen LogP contribution in [0.4, 0.5) is 5.69 Å². The summed E-state index contributed by atoms with van der Waals surface area (Å²) in [6, 6.07) is 11.3. The predicted octanol–water partition coefficient (Wildman–Crippen LogP) is 2.10. The molecule has 10 nitrogen and oxygen atoms in total. The molecule has 36 heavy (non-hydrogen) atoms. The van der Waals surface area contributed by atoms with Crippen LogP contribution in [-0.2, 0) is 29.6 Å². The standard InChI is InChI=1S/C23H30ClN3O7S2/c1-3-22(27(35(2,29)30)19-6-4-18(24)5-7-19)23(28)25-12-15-34-20-8-10-21(11-9-20)36(31,32)26-13-16-33-17-14-26/h4-11,22H,3,12-17H2,1-2H3,(H,25,28). The van der Waals surface area contributed by atoms with Crippen LogP contribution in [0.3, 0.4) is 0 Å². The second kappa shape index (κ2) is 12.2. The van der Waals surface area contributed by atoms with Gasteiger partial charge in [-0.2, -0.15) is 4.31 Å². The lowest BCUT2D eigenvalue weighted by Crippen LogP contribution is -2.50. The van der Waals surface area contributed by atoms with E-state index < -0.39 is 32.0 Å². The topological polar surface area (TPSA) is 122 Å². The van der Waals surface area contributed by atoms with Crippen LogP contribution in [0, 0.1) is 0 Å². The third-order valence-corrected chi connectivity index (χ3v) is 8.86. The van der Waals surface area contributed by atoms with Gasteiger partial charge in [0.2, 0.25) is 26.0 Å². The fraction of sp³-hybridized carbons (Fsp3) is 0.435. The van der Waals surface area contributed by atoms with Gasteiger partial charge in [-0.15, -0.1) is 0 Å². The van der Waals surface area contributed by atoms with Crippen LogP contribution in [0.2, 0.25) is 5.02 Å². The van der Waals surface area contributed by atoms with E-state index in [2.05, 4.69) is 5.32 Å². The minimum Gasteiger partial charge on any atom is -0.492 e. The van der Waals surface area contributed by atoms with Gasteiger partial charge >= 0.3 is 0 Å². The van der Waals surface area contributed by atoms with Crippen LogP contribution < -0.4 is 14.4 Å². The van der Waals surface area contributed by atoms with Gasteiger partial charge in [0.15, 0.2) is 0 Å². The maximum atomic E-state index is 12.8. The van der Waals surface area contributed by atoms with E-state index in [1.54, 1.807) is 43.3 Å². The molecule has 13 heteroatoms. The summed E-state index contributed by atoms with van der Waals surface area (Å²) in [5.74, 6) is -0.0235. The Labute approximate surface area is 217 Å². The summed E-state index contributed by atoms with van der Waals surface area (Å²) < 4.78 is 63.6. The number of benzene rings is 2. The predicted molar refractivity (Wildman–Crippen MR) is 137 cm³/mol. The molecular weight excluding hydrogens is 530 g/mol. The second-order valence-electron chi connectivity index (χ2n) is 8.09. The van der Waals surface area contributed by atoms with Crippen LogP contribution in [-0.4, -0.2) is 78.8 Å². The molecule has 0 spiro atoms. The van der Waals surface area contributed by atoms with Crippen LogP contribution in [0.15, 0.2) is 53.4 Å². The molecule has 1 amide bonds. The first-order valence-corrected chi connectivity index (χ1v) is 15.0. The largest absolute Gasteiger partial charge is 0.492 e. The number of carbonyl (C=O) groups excluding carboxylic acids is 1. The van der Waals surface area contributed by atoms with Crippen molar-refractivity contribution >= 4 is 43.2 Å². The van der Waals surface area contributed by atoms with Crippen molar-refractivity contribution in [3.8, 4) is 5.75 Å². The molecule has 3 rings (SSSR count). The summed E-state index contributed by atoms with van der Waals surface area (Å²) in [6.45, 7) is 3.32. The number of sulfonamides is 2. The minimum absolute atomic E-state index is 0.109. The van der Waals surface area contributed by atoms with E-state index in [1.165, 1.54) is 16.4 Å². The number of rotatable bonds is 11. The van der Waals surface area contributed by atoms with E-state index in [0.717, 1.165) is 10.6 Å². The number of amides is 1. The summed E-state index contributed by atoms with van der Waals surface area (Å²) in [7, 11) is -7.34. The first-order chi connectivity index (χ1) is 17.0. The monoisotopic (exact) mass is 559 g/mol. The Bertz CT molecular complexity index is 1230. The molecular formula is C23H30ClN3O7S2. The Morgan fingerprint density at radius 3 is 2.25 bits per heavy atom. The number of hydrogen-bond acceptors (Lipinski definition) is 7. The molecule has 1 atom stereocenters. The highest BCUT2D eigenvalue weighted by atomic mass is 35.5. The Morgan fingerprint density at radius 1 is 1.08 bits per heavy atom. The van der Waals surface area contributed by atoms with Crippen molar-refractivity contribution in [2.75, 3.05) is 50.0 Å². The highest BCUT2D eigenvalue weighted by Crippen LogP contribution is 2.24. The van der Waals surface area contributed by atoms with Crippen LogP contribution in [0.1, 0.15) is 13.3 Å². The molecule has 0 radical (unpaired) electrons. The number of halogens is 1. The molecule has 198 valence electrons. The Morgan fingerprint density at radius 2 is 1.69 bits per heavy atom. The van der Waals surface area contributed by atoms with Crippen LogP contribution >= 0.6 is 11.6 Å². The zero-order chi connectivity index (χ0) is 26.3. The fourth-order valence-electron chi connectivity index (χ4n) is 3.75. The number of nitrogens with zero attached hydrogens (tertiary/aromatic N) is 2. The Kier molecular flexibility index (Phi) is 9.59. The number of nitrogens with one attached hydrogen (secondary N) is 1. The van der Waals surface area contributed by atoms with Crippen molar-refractivity contribution in [3.05, 3.63) is 53.6 Å². The van der Waals surface area contributed by atoms with E-state index in [1.807, 2.05) is 0 Å². The number of hydrogen-bond donors (Lipinski definition) is 1. The van der Waals surface area contributed by atoms with Gasteiger partial charge in [-0.05, 0) is 55.0 Å². The van der Waals surface area contributed by atoms with E-state index in [0.29, 0.717) is 42.8 Å². The molecule has 1 aliphatic heterocycles. The molecule has 1 aliphatic rings. The number of morpholine rings is 1. The van der Waals surface area contributed by atoms with Gasteiger partial charge in [0, 0.05) is 18.1 Å². The second-order valence-corrected chi connectivity index (χ2v) is 12.3. The van der Waals surface area contributed by atoms with Crippen molar-refractivity contribution in [1.82, 2.24) is 9.62 Å². The quantitative estimate of drug-likeness (QED) is 0.418. The zero-order valence-electron chi connectivity index (χ0n) is 20.1. The Balaban J connectivity index is 1.56. The van der Waals surface area contributed by atoms with E-state index in [-0.39, 0.29) is 24.5 Å². The van der Waals surface area contributed by atoms with Crippen molar-refractivity contribution in [3.63, 3.8) is 0 Å². The lowest BCUT2D eigenvalue weighted by molar-refractivity contribution is -0.122. The molecule has 1 N–H and O–H groups in total. The maximum Gasteiger partial charge on any atom is 0.244 e. The fourth-order valence-corrected chi connectivity index (χ4v) is 6.50. The third kappa shape index (κ3) is 7.10. The minimum atomic E-state index is -3.75. The van der Waals surface area contributed by atoms with Crippen molar-refractivity contribution in [1.29, 1.82) is 0 Å². The van der Waals surface area contributed by atoms with Gasteiger partial charge in [0.05, 0.1) is 36.6 Å². The molecule has 1 heterocycles. The smallest absolute Gasteiger partial charge is 0.244 e. The number of ether oxygens (including phenoxy) is 2. The van der Waals surface area contributed by atoms with Crippen molar-refractivity contribution in [2.45, 2.75) is 24.3 Å². The van der Waals surface area contributed by atoms with Crippen molar-refractivity contribution < 1.29 is 31.1 Å². The van der Waals surface area contributed by atoms with Crippen molar-refractivity contribution in [2.24, 2.45) is 0 Å². The van der Waals surface area contributed by atoms with Gasteiger partial charge in [-0.1, -0.05) is 18.5 Å². The summed E-state index contributed by atoms with van der Waals surface area (Å²) >= 11 is 5.91. The summed E-state index contributed by atoms with van der Waals surface area (Å²) in [5.41, 5.74) is 0.340. The van der Waals surface area contributed by atoms with E-state index in [4.69, 9.17) is 21.1 Å². The van der Waals surface area contributed by atoms with E-state index >= 15 is 0 Å². The van der Waals surface area contributed by atoms with Gasteiger partial charge < -0.3 is 14.8 Å². The lowest BCUT2D eigenvalue weighted by atomic mass is 10.2. The lowest BCUT2D eigenvalue weighted by Gasteiger charge is -2.30. The van der Waals surface area contributed by atoms with Gasteiger partial charge in [-0.3, -0.25) is 9.10 Å². The highest BCUT2D eigenvalue weighted by molar-refractivity contribution is 7.92. The molecule has 0 bridgehead atoms. The molecule has 1 saturated heterocycles. The van der Waals surface area contributed by atoms with Gasteiger partial charge in [0.1, 0.15) is 18.4 Å². The normalized spacial score (nSPS) is 15.8. The molecule has 0 aliphatic carbocycles. The molecule has 1 unspecified atom stereocenters. The van der Waals surface area contributed by atoms with Gasteiger partial charge in [-0.25, -0.2) is 16.8 Å². The highest BCUT2D eigenvalue weighted by Gasteiger charge is 2.31. The third-order valence-electron chi connectivity index (χ3n) is 5.51.